The maximum absolute atomic E-state index is 13.2. The third-order valence-electron chi connectivity index (χ3n) is 6.37. The normalized spacial score (nSPS) is 18.2. The van der Waals surface area contributed by atoms with Crippen molar-refractivity contribution in [2.45, 2.75) is 33.1 Å². The van der Waals surface area contributed by atoms with Gasteiger partial charge in [0.15, 0.2) is 5.69 Å². The fraction of sp³-hybridized carbons (Fsp3) is 0.360. The lowest BCUT2D eigenvalue weighted by atomic mass is 10.1. The van der Waals surface area contributed by atoms with Crippen molar-refractivity contribution >= 4 is 11.8 Å². The second kappa shape index (κ2) is 8.78. The van der Waals surface area contributed by atoms with E-state index in [2.05, 4.69) is 41.5 Å². The van der Waals surface area contributed by atoms with Gasteiger partial charge >= 0.3 is 0 Å². The monoisotopic (exact) mass is 445 g/mol. The molecule has 2 amide bonds. The van der Waals surface area contributed by atoms with Crippen molar-refractivity contribution < 1.29 is 14.3 Å². The van der Waals surface area contributed by atoms with Crippen LogP contribution in [0.1, 0.15) is 49.3 Å². The summed E-state index contributed by atoms with van der Waals surface area (Å²) >= 11 is 0. The first-order valence-corrected chi connectivity index (χ1v) is 11.3. The summed E-state index contributed by atoms with van der Waals surface area (Å²) in [5.74, 6) is -0.154. The lowest BCUT2D eigenvalue weighted by molar-refractivity contribution is -0.00203. The molecule has 0 radical (unpaired) electrons. The van der Waals surface area contributed by atoms with Gasteiger partial charge in [0.1, 0.15) is 6.10 Å². The molecular formula is C25H27N5O3. The fourth-order valence-corrected chi connectivity index (χ4v) is 4.38. The summed E-state index contributed by atoms with van der Waals surface area (Å²) in [6.07, 6.45) is -0.112. The Morgan fingerprint density at radius 2 is 1.61 bits per heavy atom. The second-order valence-corrected chi connectivity index (χ2v) is 8.73. The van der Waals surface area contributed by atoms with Crippen molar-refractivity contribution in [2.24, 2.45) is 0 Å². The smallest absolute Gasteiger partial charge is 0.276 e. The molecule has 1 saturated heterocycles. The number of amides is 2. The second-order valence-electron chi connectivity index (χ2n) is 8.73. The van der Waals surface area contributed by atoms with Gasteiger partial charge in [-0.05, 0) is 31.5 Å². The van der Waals surface area contributed by atoms with E-state index in [0.29, 0.717) is 56.3 Å². The lowest BCUT2D eigenvalue weighted by Crippen LogP contribution is -2.50. The van der Waals surface area contributed by atoms with Gasteiger partial charge in [0.25, 0.3) is 11.8 Å². The van der Waals surface area contributed by atoms with Crippen LogP contribution >= 0.6 is 0 Å². The number of piperazine rings is 1. The van der Waals surface area contributed by atoms with Crippen LogP contribution in [-0.4, -0.2) is 62.8 Å². The molecule has 170 valence electrons. The van der Waals surface area contributed by atoms with E-state index in [-0.39, 0.29) is 17.9 Å². The Morgan fingerprint density at radius 1 is 0.909 bits per heavy atom. The minimum atomic E-state index is -0.156. The SMILES string of the molecule is Cc1ccc([C@@H]2Cn3nnc(C(=O)N4CCN(C(=O)c5cccc(C)c5)CC4)c3CO2)cc1. The highest BCUT2D eigenvalue weighted by molar-refractivity contribution is 5.95. The number of ether oxygens (including phenoxy) is 1. The largest absolute Gasteiger partial charge is 0.365 e. The van der Waals surface area contributed by atoms with Crippen LogP contribution in [-0.2, 0) is 17.9 Å². The Kier molecular flexibility index (Phi) is 5.68. The molecule has 0 aliphatic carbocycles. The number of rotatable bonds is 3. The maximum atomic E-state index is 13.2. The van der Waals surface area contributed by atoms with Crippen LogP contribution in [0.5, 0.6) is 0 Å². The molecule has 3 heterocycles. The highest BCUT2D eigenvalue weighted by Gasteiger charge is 2.32. The first kappa shape index (κ1) is 21.3. The number of hydrogen-bond donors (Lipinski definition) is 0. The van der Waals surface area contributed by atoms with Crippen LogP contribution in [0.15, 0.2) is 48.5 Å². The fourth-order valence-electron chi connectivity index (χ4n) is 4.38. The topological polar surface area (TPSA) is 80.6 Å². The van der Waals surface area contributed by atoms with E-state index in [9.17, 15) is 9.59 Å². The molecule has 1 atom stereocenters. The summed E-state index contributed by atoms with van der Waals surface area (Å²) < 4.78 is 7.83. The van der Waals surface area contributed by atoms with E-state index in [4.69, 9.17) is 4.74 Å². The summed E-state index contributed by atoms with van der Waals surface area (Å²) in [7, 11) is 0. The van der Waals surface area contributed by atoms with Gasteiger partial charge in [0, 0.05) is 31.7 Å². The van der Waals surface area contributed by atoms with E-state index in [1.807, 2.05) is 31.2 Å². The number of aryl methyl sites for hydroxylation is 2. The van der Waals surface area contributed by atoms with Gasteiger partial charge < -0.3 is 14.5 Å². The summed E-state index contributed by atoms with van der Waals surface area (Å²) in [4.78, 5) is 29.5. The zero-order valence-electron chi connectivity index (χ0n) is 18.9. The molecule has 0 spiro atoms. The van der Waals surface area contributed by atoms with Crippen molar-refractivity contribution in [1.29, 1.82) is 0 Å². The number of fused-ring (bicyclic) bond motifs is 1. The van der Waals surface area contributed by atoms with Crippen LogP contribution < -0.4 is 0 Å². The van der Waals surface area contributed by atoms with Gasteiger partial charge in [-0.15, -0.1) is 5.10 Å². The Morgan fingerprint density at radius 3 is 2.30 bits per heavy atom. The van der Waals surface area contributed by atoms with Gasteiger partial charge in [0.2, 0.25) is 0 Å². The summed E-state index contributed by atoms with van der Waals surface area (Å²) in [6, 6.07) is 15.8. The number of nitrogens with zero attached hydrogens (tertiary/aromatic N) is 5. The van der Waals surface area contributed by atoms with Crippen LogP contribution in [0.3, 0.4) is 0 Å². The van der Waals surface area contributed by atoms with Crippen LogP contribution in [0.25, 0.3) is 0 Å². The standard InChI is InChI=1S/C25H27N5O3/c1-17-6-8-19(9-7-17)22-15-30-21(16-33-22)23(26-27-30)25(32)29-12-10-28(11-13-29)24(31)20-5-3-4-18(2)14-20/h3-9,14,22H,10-13,15-16H2,1-2H3/t22-/m0/s1. The Balaban J connectivity index is 1.23. The first-order chi connectivity index (χ1) is 16.0. The number of carbonyl (C=O) groups excluding carboxylic acids is 2. The predicted octanol–water partition coefficient (Wildman–Crippen LogP) is 2.76. The minimum Gasteiger partial charge on any atom is -0.365 e. The first-order valence-electron chi connectivity index (χ1n) is 11.3. The molecule has 0 unspecified atom stereocenters. The van der Waals surface area contributed by atoms with E-state index < -0.39 is 0 Å². The van der Waals surface area contributed by atoms with E-state index in [1.165, 1.54) is 5.56 Å². The van der Waals surface area contributed by atoms with E-state index in [1.54, 1.807) is 14.5 Å². The highest BCUT2D eigenvalue weighted by Crippen LogP contribution is 2.27. The zero-order chi connectivity index (χ0) is 22.9. The zero-order valence-corrected chi connectivity index (χ0v) is 18.9. The van der Waals surface area contributed by atoms with Crippen LogP contribution in [0, 0.1) is 13.8 Å². The number of benzene rings is 2. The number of hydrogen-bond acceptors (Lipinski definition) is 5. The molecule has 1 aromatic heterocycles. The van der Waals surface area contributed by atoms with E-state index >= 15 is 0 Å². The molecule has 2 aromatic carbocycles. The highest BCUT2D eigenvalue weighted by atomic mass is 16.5. The Bertz CT molecular complexity index is 1180. The van der Waals surface area contributed by atoms with Crippen molar-refractivity contribution in [1.82, 2.24) is 24.8 Å². The summed E-state index contributed by atoms with van der Waals surface area (Å²) in [5.41, 5.74) is 5.08. The molecule has 0 N–H and O–H groups in total. The van der Waals surface area contributed by atoms with Crippen molar-refractivity contribution in [3.63, 3.8) is 0 Å². The molecule has 8 heteroatoms. The van der Waals surface area contributed by atoms with Crippen molar-refractivity contribution in [3.8, 4) is 0 Å². The van der Waals surface area contributed by atoms with Crippen molar-refractivity contribution in [2.75, 3.05) is 26.2 Å². The minimum absolute atomic E-state index is 0.00221. The Hall–Kier alpha value is -3.52. The van der Waals surface area contributed by atoms with Crippen LogP contribution in [0.4, 0.5) is 0 Å². The maximum Gasteiger partial charge on any atom is 0.276 e. The molecule has 2 aliphatic rings. The summed E-state index contributed by atoms with van der Waals surface area (Å²) in [6.45, 7) is 6.76. The van der Waals surface area contributed by atoms with Gasteiger partial charge in [-0.3, -0.25) is 9.59 Å². The molecule has 1 fully saturated rings. The summed E-state index contributed by atoms with van der Waals surface area (Å²) in [5, 5.41) is 8.42. The van der Waals surface area contributed by atoms with E-state index in [0.717, 1.165) is 11.1 Å². The molecule has 33 heavy (non-hydrogen) atoms. The average molecular weight is 446 g/mol. The number of aromatic nitrogens is 3. The Labute approximate surface area is 192 Å². The van der Waals surface area contributed by atoms with Crippen molar-refractivity contribution in [3.05, 3.63) is 82.2 Å². The van der Waals surface area contributed by atoms with Gasteiger partial charge in [-0.2, -0.15) is 0 Å². The molecule has 8 nitrogen and oxygen atoms in total. The molecule has 2 aliphatic heterocycles. The molecule has 3 aromatic rings. The lowest BCUT2D eigenvalue weighted by Gasteiger charge is -2.34. The average Bonchev–Trinajstić information content (AvgIpc) is 3.27. The van der Waals surface area contributed by atoms with Gasteiger partial charge in [-0.25, -0.2) is 4.68 Å². The van der Waals surface area contributed by atoms with Crippen LogP contribution in [0.2, 0.25) is 0 Å². The molecule has 0 saturated carbocycles. The third-order valence-corrected chi connectivity index (χ3v) is 6.37. The molecule has 5 rings (SSSR count). The van der Waals surface area contributed by atoms with Gasteiger partial charge in [-0.1, -0.05) is 52.7 Å². The molecule has 0 bridgehead atoms. The number of carbonyl (C=O) groups is 2. The molecular weight excluding hydrogens is 418 g/mol. The van der Waals surface area contributed by atoms with Gasteiger partial charge in [0.05, 0.1) is 18.8 Å². The third kappa shape index (κ3) is 4.26. The predicted molar refractivity (Wildman–Crippen MR) is 122 cm³/mol. The quantitative estimate of drug-likeness (QED) is 0.619.